The number of hydrogen-bond acceptors (Lipinski definition) is 3. The van der Waals surface area contributed by atoms with Gasteiger partial charge in [0.1, 0.15) is 0 Å². The smallest absolute Gasteiger partial charge is 0.238 e. The first kappa shape index (κ1) is 17.1. The highest BCUT2D eigenvalue weighted by molar-refractivity contribution is 7.89. The summed E-state index contributed by atoms with van der Waals surface area (Å²) in [5.41, 5.74) is 1.01. The van der Waals surface area contributed by atoms with E-state index in [0.29, 0.717) is 17.9 Å². The van der Waals surface area contributed by atoms with Gasteiger partial charge in [-0.25, -0.2) is 13.6 Å². The van der Waals surface area contributed by atoms with Crippen molar-refractivity contribution in [2.24, 2.45) is 17.0 Å². The molecule has 0 saturated heterocycles. The van der Waals surface area contributed by atoms with Crippen molar-refractivity contribution < 1.29 is 8.42 Å². The van der Waals surface area contributed by atoms with Crippen LogP contribution in [0, 0.1) is 11.8 Å². The first-order chi connectivity index (χ1) is 9.20. The Balaban J connectivity index is 2.83. The van der Waals surface area contributed by atoms with Crippen molar-refractivity contribution >= 4 is 10.0 Å². The second kappa shape index (κ2) is 7.20. The molecule has 0 saturated carbocycles. The molecule has 0 aliphatic heterocycles. The molecule has 20 heavy (non-hydrogen) atoms. The van der Waals surface area contributed by atoms with Gasteiger partial charge < -0.3 is 5.32 Å². The van der Waals surface area contributed by atoms with Crippen LogP contribution in [0.1, 0.15) is 33.3 Å². The lowest BCUT2D eigenvalue weighted by Crippen LogP contribution is -2.32. The van der Waals surface area contributed by atoms with Gasteiger partial charge in [0.15, 0.2) is 0 Å². The van der Waals surface area contributed by atoms with Crippen molar-refractivity contribution in [1.82, 2.24) is 5.32 Å². The van der Waals surface area contributed by atoms with Gasteiger partial charge >= 0.3 is 0 Å². The van der Waals surface area contributed by atoms with Crippen LogP contribution in [0.25, 0.3) is 0 Å². The zero-order valence-electron chi connectivity index (χ0n) is 12.8. The van der Waals surface area contributed by atoms with Gasteiger partial charge in [0.05, 0.1) is 4.90 Å². The van der Waals surface area contributed by atoms with E-state index in [4.69, 9.17) is 5.14 Å². The Morgan fingerprint density at radius 3 is 2.35 bits per heavy atom. The van der Waals surface area contributed by atoms with Crippen LogP contribution in [0.2, 0.25) is 0 Å². The lowest BCUT2D eigenvalue weighted by molar-refractivity contribution is 0.349. The molecule has 1 atom stereocenters. The predicted octanol–water partition coefficient (Wildman–Crippen LogP) is 2.15. The van der Waals surface area contributed by atoms with Crippen LogP contribution in [0.3, 0.4) is 0 Å². The first-order valence-electron chi connectivity index (χ1n) is 7.05. The molecule has 0 spiro atoms. The van der Waals surface area contributed by atoms with Crippen LogP contribution in [0.4, 0.5) is 0 Å². The Hall–Kier alpha value is -0.910. The molecule has 1 unspecified atom stereocenters. The van der Waals surface area contributed by atoms with Crippen LogP contribution in [0.5, 0.6) is 0 Å². The quantitative estimate of drug-likeness (QED) is 0.810. The third kappa shape index (κ3) is 5.61. The van der Waals surface area contributed by atoms with E-state index in [1.807, 2.05) is 6.07 Å². The first-order valence-corrected chi connectivity index (χ1v) is 8.60. The standard InChI is InChI=1S/C15H26N2O2S/c1-11(2)14(10-17-12(3)4)8-13-6-5-7-15(9-13)20(16,18)19/h5-7,9,11-12,14,17H,8,10H2,1-4H3,(H2,16,18,19). The van der Waals surface area contributed by atoms with Gasteiger partial charge in [-0.3, -0.25) is 0 Å². The van der Waals surface area contributed by atoms with Crippen molar-refractivity contribution in [3.63, 3.8) is 0 Å². The molecule has 1 aromatic rings. The topological polar surface area (TPSA) is 72.2 Å². The number of hydrogen-bond donors (Lipinski definition) is 2. The van der Waals surface area contributed by atoms with E-state index < -0.39 is 10.0 Å². The van der Waals surface area contributed by atoms with Crippen LogP contribution in [-0.4, -0.2) is 21.0 Å². The molecular weight excluding hydrogens is 272 g/mol. The maximum atomic E-state index is 11.4. The SMILES string of the molecule is CC(C)NCC(Cc1cccc(S(N)(=O)=O)c1)C(C)C. The maximum absolute atomic E-state index is 11.4. The van der Waals surface area contributed by atoms with E-state index in [0.717, 1.165) is 18.5 Å². The van der Waals surface area contributed by atoms with Gasteiger partial charge in [-0.05, 0) is 42.5 Å². The highest BCUT2D eigenvalue weighted by Crippen LogP contribution is 2.19. The van der Waals surface area contributed by atoms with Gasteiger partial charge in [-0.2, -0.15) is 0 Å². The molecule has 4 nitrogen and oxygen atoms in total. The van der Waals surface area contributed by atoms with E-state index in [-0.39, 0.29) is 4.90 Å². The van der Waals surface area contributed by atoms with Crippen LogP contribution in [-0.2, 0) is 16.4 Å². The average Bonchev–Trinajstić information content (AvgIpc) is 2.33. The summed E-state index contributed by atoms with van der Waals surface area (Å²) in [4.78, 5) is 0.189. The Bertz CT molecular complexity index is 524. The lowest BCUT2D eigenvalue weighted by Gasteiger charge is -2.23. The molecule has 1 rings (SSSR count). The summed E-state index contributed by atoms with van der Waals surface area (Å²) in [5, 5.41) is 8.62. The van der Waals surface area contributed by atoms with Gasteiger partial charge in [0, 0.05) is 6.04 Å². The van der Waals surface area contributed by atoms with E-state index in [1.165, 1.54) is 6.07 Å². The molecule has 0 radical (unpaired) electrons. The van der Waals surface area contributed by atoms with Crippen molar-refractivity contribution in [3.8, 4) is 0 Å². The minimum absolute atomic E-state index is 0.189. The Kier molecular flexibility index (Phi) is 6.17. The van der Waals surface area contributed by atoms with Gasteiger partial charge in [-0.15, -0.1) is 0 Å². The second-order valence-corrected chi connectivity index (χ2v) is 7.53. The number of benzene rings is 1. The predicted molar refractivity (Wildman–Crippen MR) is 83.0 cm³/mol. The molecule has 0 fully saturated rings. The fourth-order valence-electron chi connectivity index (χ4n) is 2.08. The van der Waals surface area contributed by atoms with Crippen LogP contribution >= 0.6 is 0 Å². The zero-order valence-corrected chi connectivity index (χ0v) is 13.6. The molecule has 0 aromatic heterocycles. The second-order valence-electron chi connectivity index (χ2n) is 5.96. The van der Waals surface area contributed by atoms with E-state index in [2.05, 4.69) is 33.0 Å². The highest BCUT2D eigenvalue weighted by Gasteiger charge is 2.16. The fourth-order valence-corrected chi connectivity index (χ4v) is 2.67. The molecule has 1 aromatic carbocycles. The number of nitrogens with two attached hydrogens (primary N) is 1. The molecular formula is C15H26N2O2S. The summed E-state index contributed by atoms with van der Waals surface area (Å²) in [6, 6.07) is 7.38. The normalized spacial score (nSPS) is 13.9. The van der Waals surface area contributed by atoms with E-state index >= 15 is 0 Å². The summed E-state index contributed by atoms with van der Waals surface area (Å²) in [7, 11) is -3.62. The van der Waals surface area contributed by atoms with Crippen molar-refractivity contribution in [3.05, 3.63) is 29.8 Å². The summed E-state index contributed by atoms with van der Waals surface area (Å²) in [6.45, 7) is 9.55. The fraction of sp³-hybridized carbons (Fsp3) is 0.600. The zero-order chi connectivity index (χ0) is 15.3. The molecule has 5 heteroatoms. The number of rotatable bonds is 7. The minimum Gasteiger partial charge on any atom is -0.314 e. The van der Waals surface area contributed by atoms with E-state index in [9.17, 15) is 8.42 Å². The summed E-state index contributed by atoms with van der Waals surface area (Å²) < 4.78 is 22.8. The Morgan fingerprint density at radius 1 is 1.20 bits per heavy atom. The van der Waals surface area contributed by atoms with Gasteiger partial charge in [0.25, 0.3) is 0 Å². The Morgan fingerprint density at radius 2 is 1.85 bits per heavy atom. The minimum atomic E-state index is -3.62. The summed E-state index contributed by atoms with van der Waals surface area (Å²) in [5.74, 6) is 0.993. The largest absolute Gasteiger partial charge is 0.314 e. The Labute approximate surface area is 122 Å². The molecule has 0 aliphatic carbocycles. The van der Waals surface area contributed by atoms with Crippen LogP contribution in [0.15, 0.2) is 29.2 Å². The van der Waals surface area contributed by atoms with Crippen LogP contribution < -0.4 is 10.5 Å². The summed E-state index contributed by atoms with van der Waals surface area (Å²) >= 11 is 0. The number of primary sulfonamides is 1. The highest BCUT2D eigenvalue weighted by atomic mass is 32.2. The average molecular weight is 298 g/mol. The van der Waals surface area contributed by atoms with Crippen molar-refractivity contribution in [1.29, 1.82) is 0 Å². The molecule has 3 N–H and O–H groups in total. The van der Waals surface area contributed by atoms with Crippen molar-refractivity contribution in [2.45, 2.75) is 45.1 Å². The third-order valence-electron chi connectivity index (χ3n) is 3.46. The maximum Gasteiger partial charge on any atom is 0.238 e. The molecule has 0 amide bonds. The van der Waals surface area contributed by atoms with Crippen molar-refractivity contribution in [2.75, 3.05) is 6.54 Å². The number of sulfonamides is 1. The number of nitrogens with one attached hydrogen (secondary N) is 1. The molecule has 0 heterocycles. The molecule has 0 bridgehead atoms. The molecule has 0 aliphatic rings. The molecule has 114 valence electrons. The van der Waals surface area contributed by atoms with Gasteiger partial charge in [0.2, 0.25) is 10.0 Å². The van der Waals surface area contributed by atoms with Gasteiger partial charge in [-0.1, -0.05) is 39.8 Å². The monoisotopic (exact) mass is 298 g/mol. The van der Waals surface area contributed by atoms with E-state index in [1.54, 1.807) is 12.1 Å². The third-order valence-corrected chi connectivity index (χ3v) is 4.37. The lowest BCUT2D eigenvalue weighted by atomic mass is 9.89. The summed E-state index contributed by atoms with van der Waals surface area (Å²) in [6.07, 6.45) is 0.848.